The van der Waals surface area contributed by atoms with Gasteiger partial charge in [0.05, 0.1) is 17.7 Å². The maximum atomic E-state index is 11.9. The minimum absolute atomic E-state index is 0.0171. The number of nitrogens with two attached hydrogens (primary N) is 1. The first-order valence-corrected chi connectivity index (χ1v) is 7.09. The highest BCUT2D eigenvalue weighted by molar-refractivity contribution is 9.10. The molecule has 1 aromatic rings. The second-order valence-electron chi connectivity index (χ2n) is 4.06. The molecule has 0 aliphatic heterocycles. The Balaban J connectivity index is 2.61. The molecular formula is C13H17BrF3NO3. The Morgan fingerprint density at radius 1 is 1.19 bits per heavy atom. The molecule has 0 amide bonds. The summed E-state index contributed by atoms with van der Waals surface area (Å²) in [6.07, 6.45) is -4.33. The van der Waals surface area contributed by atoms with Gasteiger partial charge in [0.25, 0.3) is 0 Å². The molecule has 2 N–H and O–H groups in total. The molecule has 1 rings (SSSR count). The lowest BCUT2D eigenvalue weighted by Gasteiger charge is -2.15. The van der Waals surface area contributed by atoms with Crippen LogP contribution in [0.5, 0.6) is 11.5 Å². The summed E-state index contributed by atoms with van der Waals surface area (Å²) in [7, 11) is 0. The quantitative estimate of drug-likeness (QED) is 0.712. The van der Waals surface area contributed by atoms with Crippen molar-refractivity contribution in [3.05, 3.63) is 22.2 Å². The first-order chi connectivity index (χ1) is 9.87. The van der Waals surface area contributed by atoms with E-state index in [2.05, 4.69) is 20.7 Å². The maximum absolute atomic E-state index is 11.9. The standard InChI is InChI=1S/C13H17BrF3NO3/c1-2-20-11-6-9(7-18)5-10(14)12(11)21-4-3-19-8-13(15,16)17/h5-6H,2-4,7-8,18H2,1H3. The van der Waals surface area contributed by atoms with Gasteiger partial charge >= 0.3 is 6.18 Å². The zero-order valence-corrected chi connectivity index (χ0v) is 13.1. The van der Waals surface area contributed by atoms with E-state index >= 15 is 0 Å². The smallest absolute Gasteiger partial charge is 0.411 e. The molecule has 0 bridgehead atoms. The SMILES string of the molecule is CCOc1cc(CN)cc(Br)c1OCCOCC(F)(F)F. The second kappa shape index (κ2) is 8.45. The summed E-state index contributed by atoms with van der Waals surface area (Å²) >= 11 is 3.33. The van der Waals surface area contributed by atoms with E-state index in [-0.39, 0.29) is 13.2 Å². The third-order valence-corrected chi connectivity index (χ3v) is 2.93. The van der Waals surface area contributed by atoms with Crippen molar-refractivity contribution < 1.29 is 27.4 Å². The van der Waals surface area contributed by atoms with Gasteiger partial charge in [-0.05, 0) is 40.5 Å². The Morgan fingerprint density at radius 3 is 2.48 bits per heavy atom. The lowest BCUT2D eigenvalue weighted by Crippen LogP contribution is -2.19. The molecule has 0 aliphatic carbocycles. The fourth-order valence-electron chi connectivity index (χ4n) is 1.53. The molecule has 0 saturated heterocycles. The van der Waals surface area contributed by atoms with Crippen LogP contribution in [-0.4, -0.2) is 32.6 Å². The normalized spacial score (nSPS) is 11.5. The lowest BCUT2D eigenvalue weighted by atomic mass is 10.2. The van der Waals surface area contributed by atoms with Crippen LogP contribution in [0.3, 0.4) is 0 Å². The van der Waals surface area contributed by atoms with Gasteiger partial charge in [-0.1, -0.05) is 0 Å². The third kappa shape index (κ3) is 6.54. The van der Waals surface area contributed by atoms with Crippen molar-refractivity contribution in [2.45, 2.75) is 19.6 Å². The summed E-state index contributed by atoms with van der Waals surface area (Å²) < 4.78 is 51.7. The first-order valence-electron chi connectivity index (χ1n) is 6.30. The van der Waals surface area contributed by atoms with Crippen LogP contribution in [0.25, 0.3) is 0 Å². The Morgan fingerprint density at radius 2 is 1.90 bits per heavy atom. The zero-order chi connectivity index (χ0) is 15.9. The van der Waals surface area contributed by atoms with E-state index < -0.39 is 12.8 Å². The van der Waals surface area contributed by atoms with E-state index in [9.17, 15) is 13.2 Å². The highest BCUT2D eigenvalue weighted by Gasteiger charge is 2.27. The van der Waals surface area contributed by atoms with Crippen LogP contribution >= 0.6 is 15.9 Å². The van der Waals surface area contributed by atoms with Gasteiger partial charge in [-0.15, -0.1) is 0 Å². The summed E-state index contributed by atoms with van der Waals surface area (Å²) in [5.74, 6) is 0.910. The van der Waals surface area contributed by atoms with E-state index in [4.69, 9.17) is 15.2 Å². The van der Waals surface area contributed by atoms with Gasteiger partial charge in [-0.25, -0.2) is 0 Å². The number of hydrogen-bond acceptors (Lipinski definition) is 4. The minimum Gasteiger partial charge on any atom is -0.490 e. The highest BCUT2D eigenvalue weighted by Crippen LogP contribution is 2.36. The van der Waals surface area contributed by atoms with Crippen LogP contribution in [0, 0.1) is 0 Å². The fourth-order valence-corrected chi connectivity index (χ4v) is 2.14. The first kappa shape index (κ1) is 18.1. The van der Waals surface area contributed by atoms with Gasteiger partial charge < -0.3 is 19.9 Å². The Kier molecular flexibility index (Phi) is 7.27. The van der Waals surface area contributed by atoms with Gasteiger partial charge in [-0.3, -0.25) is 0 Å². The molecule has 0 saturated carbocycles. The predicted octanol–water partition coefficient (Wildman–Crippen LogP) is 3.26. The van der Waals surface area contributed by atoms with Crippen LogP contribution < -0.4 is 15.2 Å². The summed E-state index contributed by atoms with van der Waals surface area (Å²) in [6.45, 7) is 1.11. The molecule has 0 atom stereocenters. The molecular weight excluding hydrogens is 355 g/mol. The Hall–Kier alpha value is -0.990. The molecule has 0 radical (unpaired) electrons. The summed E-state index contributed by atoms with van der Waals surface area (Å²) in [5, 5.41) is 0. The number of alkyl halides is 3. The molecule has 120 valence electrons. The molecule has 0 aromatic heterocycles. The number of halogens is 4. The molecule has 0 aliphatic rings. The van der Waals surface area contributed by atoms with Crippen molar-refractivity contribution in [2.24, 2.45) is 5.73 Å². The molecule has 0 spiro atoms. The molecule has 0 unspecified atom stereocenters. The molecule has 0 fully saturated rings. The number of ether oxygens (including phenoxy) is 3. The van der Waals surface area contributed by atoms with Crippen molar-refractivity contribution in [3.8, 4) is 11.5 Å². The summed E-state index contributed by atoms with van der Waals surface area (Å²) in [4.78, 5) is 0. The van der Waals surface area contributed by atoms with Gasteiger partial charge in [-0.2, -0.15) is 13.2 Å². The van der Waals surface area contributed by atoms with Crippen LogP contribution in [0.2, 0.25) is 0 Å². The number of rotatable bonds is 8. The largest absolute Gasteiger partial charge is 0.490 e. The van der Waals surface area contributed by atoms with E-state index in [0.717, 1.165) is 5.56 Å². The average Bonchev–Trinajstić information content (AvgIpc) is 2.39. The highest BCUT2D eigenvalue weighted by atomic mass is 79.9. The van der Waals surface area contributed by atoms with Gasteiger partial charge in [0.1, 0.15) is 13.2 Å². The summed E-state index contributed by atoms with van der Waals surface area (Å²) in [5.41, 5.74) is 6.42. The maximum Gasteiger partial charge on any atom is 0.411 e. The molecule has 4 nitrogen and oxygen atoms in total. The van der Waals surface area contributed by atoms with E-state index in [1.54, 1.807) is 12.1 Å². The van der Waals surface area contributed by atoms with Gasteiger partial charge in [0.15, 0.2) is 11.5 Å². The zero-order valence-electron chi connectivity index (χ0n) is 11.5. The topological polar surface area (TPSA) is 53.7 Å². The van der Waals surface area contributed by atoms with Crippen LogP contribution in [-0.2, 0) is 11.3 Å². The molecule has 1 aromatic carbocycles. The van der Waals surface area contributed by atoms with Crippen LogP contribution in [0.4, 0.5) is 13.2 Å². The third-order valence-electron chi connectivity index (χ3n) is 2.34. The fraction of sp³-hybridized carbons (Fsp3) is 0.538. The molecule has 8 heteroatoms. The Labute approximate surface area is 129 Å². The van der Waals surface area contributed by atoms with Crippen molar-refractivity contribution in [1.82, 2.24) is 0 Å². The van der Waals surface area contributed by atoms with Crippen LogP contribution in [0.15, 0.2) is 16.6 Å². The van der Waals surface area contributed by atoms with Crippen molar-refractivity contribution in [2.75, 3.05) is 26.4 Å². The van der Waals surface area contributed by atoms with E-state index in [0.29, 0.717) is 29.1 Å². The predicted molar refractivity (Wildman–Crippen MR) is 75.6 cm³/mol. The Bertz CT molecular complexity index is 455. The summed E-state index contributed by atoms with van der Waals surface area (Å²) in [6, 6.07) is 3.51. The van der Waals surface area contributed by atoms with Crippen LogP contribution in [0.1, 0.15) is 12.5 Å². The lowest BCUT2D eigenvalue weighted by molar-refractivity contribution is -0.175. The molecule has 0 heterocycles. The molecule has 21 heavy (non-hydrogen) atoms. The van der Waals surface area contributed by atoms with Gasteiger partial charge in [0.2, 0.25) is 0 Å². The number of hydrogen-bond donors (Lipinski definition) is 1. The van der Waals surface area contributed by atoms with E-state index in [1.807, 2.05) is 6.92 Å². The van der Waals surface area contributed by atoms with Gasteiger partial charge in [0, 0.05) is 6.54 Å². The van der Waals surface area contributed by atoms with E-state index in [1.165, 1.54) is 0 Å². The second-order valence-corrected chi connectivity index (χ2v) is 4.91. The van der Waals surface area contributed by atoms with Crippen molar-refractivity contribution in [3.63, 3.8) is 0 Å². The minimum atomic E-state index is -4.33. The van der Waals surface area contributed by atoms with Crippen molar-refractivity contribution >= 4 is 15.9 Å². The monoisotopic (exact) mass is 371 g/mol. The average molecular weight is 372 g/mol. The van der Waals surface area contributed by atoms with Crippen molar-refractivity contribution in [1.29, 1.82) is 0 Å². The number of benzene rings is 1.